The number of H-pyrrole nitrogens is 1. The van der Waals surface area contributed by atoms with Crippen LogP contribution < -0.4 is 4.90 Å². The molecule has 1 aromatic rings. The molecule has 1 fully saturated rings. The van der Waals surface area contributed by atoms with Crippen LogP contribution in [0, 0.1) is 4.51 Å². The van der Waals surface area contributed by atoms with Gasteiger partial charge in [-0.3, -0.25) is 0 Å². The average molecular weight is 231 g/mol. The number of pyridine rings is 1. The van der Waals surface area contributed by atoms with Gasteiger partial charge in [-0.1, -0.05) is 23.8 Å². The van der Waals surface area contributed by atoms with E-state index in [0.717, 1.165) is 18.8 Å². The Morgan fingerprint density at radius 2 is 2.43 bits per heavy atom. The Kier molecular flexibility index (Phi) is 2.76. The van der Waals surface area contributed by atoms with Crippen LogP contribution in [0.1, 0.15) is 6.42 Å². The SMILES string of the molecule is O[C@@H]1CCN(c2[nH]ccc(=S)c2Cl)C1. The number of hydrogen-bond donors (Lipinski definition) is 2. The Labute approximate surface area is 92.3 Å². The number of halogens is 1. The molecule has 1 aromatic heterocycles. The topological polar surface area (TPSA) is 39.3 Å². The number of nitrogens with one attached hydrogen (secondary N) is 1. The van der Waals surface area contributed by atoms with Crippen LogP contribution in [0.3, 0.4) is 0 Å². The Morgan fingerprint density at radius 1 is 1.64 bits per heavy atom. The summed E-state index contributed by atoms with van der Waals surface area (Å²) in [5, 5.41) is 9.96. The monoisotopic (exact) mass is 230 g/mol. The van der Waals surface area contributed by atoms with Crippen LogP contribution in [0.5, 0.6) is 0 Å². The third kappa shape index (κ3) is 1.78. The maximum Gasteiger partial charge on any atom is 0.126 e. The molecule has 0 unspecified atom stereocenters. The van der Waals surface area contributed by atoms with Crippen LogP contribution in [0.15, 0.2) is 12.3 Å². The fourth-order valence-corrected chi connectivity index (χ4v) is 2.03. The van der Waals surface area contributed by atoms with Crippen molar-refractivity contribution in [1.82, 2.24) is 4.98 Å². The van der Waals surface area contributed by atoms with Crippen molar-refractivity contribution in [3.8, 4) is 0 Å². The molecule has 1 aliphatic heterocycles. The molecule has 0 aromatic carbocycles. The van der Waals surface area contributed by atoms with Gasteiger partial charge in [0.05, 0.1) is 15.6 Å². The van der Waals surface area contributed by atoms with E-state index in [0.29, 0.717) is 16.1 Å². The number of anilines is 1. The highest BCUT2D eigenvalue weighted by atomic mass is 35.5. The van der Waals surface area contributed by atoms with Gasteiger partial charge in [-0.2, -0.15) is 0 Å². The van der Waals surface area contributed by atoms with Gasteiger partial charge < -0.3 is 15.0 Å². The highest BCUT2D eigenvalue weighted by molar-refractivity contribution is 7.71. The molecule has 0 saturated carbocycles. The van der Waals surface area contributed by atoms with Gasteiger partial charge in [0.25, 0.3) is 0 Å². The van der Waals surface area contributed by atoms with Crippen LogP contribution in [0.25, 0.3) is 0 Å². The van der Waals surface area contributed by atoms with Crippen LogP contribution >= 0.6 is 23.8 Å². The van der Waals surface area contributed by atoms with Gasteiger partial charge >= 0.3 is 0 Å². The van der Waals surface area contributed by atoms with Gasteiger partial charge in [0, 0.05) is 19.3 Å². The van der Waals surface area contributed by atoms with Crippen LogP contribution in [0.4, 0.5) is 5.82 Å². The van der Waals surface area contributed by atoms with Gasteiger partial charge in [-0.05, 0) is 12.5 Å². The molecule has 0 radical (unpaired) electrons. The zero-order valence-corrected chi connectivity index (χ0v) is 9.11. The van der Waals surface area contributed by atoms with E-state index in [1.54, 1.807) is 12.3 Å². The summed E-state index contributed by atoms with van der Waals surface area (Å²) in [6.45, 7) is 1.44. The lowest BCUT2D eigenvalue weighted by Gasteiger charge is -2.18. The first-order valence-electron chi connectivity index (χ1n) is 4.48. The molecule has 14 heavy (non-hydrogen) atoms. The smallest absolute Gasteiger partial charge is 0.126 e. The average Bonchev–Trinajstić information content (AvgIpc) is 2.57. The first kappa shape index (κ1) is 9.96. The number of nitrogens with zero attached hydrogens (tertiary/aromatic N) is 1. The summed E-state index contributed by atoms with van der Waals surface area (Å²) in [7, 11) is 0. The van der Waals surface area contributed by atoms with Crippen LogP contribution in [-0.2, 0) is 0 Å². The second-order valence-corrected chi connectivity index (χ2v) is 4.21. The molecule has 5 heteroatoms. The maximum atomic E-state index is 9.40. The molecule has 0 bridgehead atoms. The lowest BCUT2D eigenvalue weighted by atomic mass is 10.3. The maximum absolute atomic E-state index is 9.40. The molecule has 2 rings (SSSR count). The van der Waals surface area contributed by atoms with E-state index in [2.05, 4.69) is 4.98 Å². The fraction of sp³-hybridized carbons (Fsp3) is 0.444. The number of hydrogen-bond acceptors (Lipinski definition) is 3. The van der Waals surface area contributed by atoms with Crippen molar-refractivity contribution in [2.75, 3.05) is 18.0 Å². The number of aliphatic hydroxyl groups excluding tert-OH is 1. The molecule has 0 amide bonds. The third-order valence-electron chi connectivity index (χ3n) is 2.36. The van der Waals surface area contributed by atoms with Gasteiger partial charge in [0.1, 0.15) is 5.82 Å². The fourth-order valence-electron chi connectivity index (χ4n) is 1.62. The van der Waals surface area contributed by atoms with Crippen molar-refractivity contribution in [2.24, 2.45) is 0 Å². The molecule has 1 atom stereocenters. The number of aromatic amines is 1. The van der Waals surface area contributed by atoms with Crippen molar-refractivity contribution < 1.29 is 5.11 Å². The zero-order valence-electron chi connectivity index (χ0n) is 7.53. The lowest BCUT2D eigenvalue weighted by Crippen LogP contribution is -2.22. The summed E-state index contributed by atoms with van der Waals surface area (Å²) in [5.74, 6) is 0.815. The van der Waals surface area contributed by atoms with Crippen molar-refractivity contribution in [2.45, 2.75) is 12.5 Å². The van der Waals surface area contributed by atoms with Crippen molar-refractivity contribution in [3.05, 3.63) is 21.8 Å². The molecule has 0 aliphatic carbocycles. The van der Waals surface area contributed by atoms with Gasteiger partial charge in [-0.25, -0.2) is 0 Å². The molecular weight excluding hydrogens is 220 g/mol. The summed E-state index contributed by atoms with van der Waals surface area (Å²) in [6.07, 6.45) is 2.30. The minimum absolute atomic E-state index is 0.256. The van der Waals surface area contributed by atoms with E-state index in [4.69, 9.17) is 23.8 Å². The third-order valence-corrected chi connectivity index (χ3v) is 3.19. The molecule has 2 N–H and O–H groups in total. The Hall–Kier alpha value is -0.580. The van der Waals surface area contributed by atoms with Crippen molar-refractivity contribution in [1.29, 1.82) is 0 Å². The number of aliphatic hydroxyl groups is 1. The molecule has 1 saturated heterocycles. The van der Waals surface area contributed by atoms with Crippen molar-refractivity contribution in [3.63, 3.8) is 0 Å². The summed E-state index contributed by atoms with van der Waals surface area (Å²) < 4.78 is 0.641. The van der Waals surface area contributed by atoms with Gasteiger partial charge in [0.15, 0.2) is 0 Å². The molecule has 3 nitrogen and oxygen atoms in total. The Balaban J connectivity index is 2.33. The van der Waals surface area contributed by atoms with Gasteiger partial charge in [0.2, 0.25) is 0 Å². The van der Waals surface area contributed by atoms with E-state index < -0.39 is 0 Å². The van der Waals surface area contributed by atoms with Crippen LogP contribution in [-0.4, -0.2) is 29.3 Å². The standard InChI is InChI=1S/C9H11ClN2OS/c10-8-7(14)1-3-11-9(8)12-4-2-6(13)5-12/h1,3,6,13H,2,4-5H2,(H,11,14)/t6-/m1/s1. The second kappa shape index (κ2) is 3.88. The predicted molar refractivity (Wildman–Crippen MR) is 59.5 cm³/mol. The van der Waals surface area contributed by atoms with E-state index >= 15 is 0 Å². The van der Waals surface area contributed by atoms with Gasteiger partial charge in [-0.15, -0.1) is 0 Å². The Bertz CT molecular complexity index is 393. The van der Waals surface area contributed by atoms with Crippen molar-refractivity contribution >= 4 is 29.6 Å². The highest BCUT2D eigenvalue weighted by Crippen LogP contribution is 2.26. The van der Waals surface area contributed by atoms with E-state index in [-0.39, 0.29) is 6.10 Å². The quantitative estimate of drug-likeness (QED) is 0.725. The summed E-state index contributed by atoms with van der Waals surface area (Å²) >= 11 is 11.1. The lowest BCUT2D eigenvalue weighted by molar-refractivity contribution is 0.198. The summed E-state index contributed by atoms with van der Waals surface area (Å²) in [4.78, 5) is 5.07. The highest BCUT2D eigenvalue weighted by Gasteiger charge is 2.22. The number of rotatable bonds is 1. The second-order valence-electron chi connectivity index (χ2n) is 3.39. The largest absolute Gasteiger partial charge is 0.391 e. The van der Waals surface area contributed by atoms with Crippen LogP contribution in [0.2, 0.25) is 5.02 Å². The first-order valence-corrected chi connectivity index (χ1v) is 5.27. The Morgan fingerprint density at radius 3 is 3.07 bits per heavy atom. The van der Waals surface area contributed by atoms with E-state index in [1.807, 2.05) is 4.90 Å². The number of aromatic nitrogens is 1. The van der Waals surface area contributed by atoms with E-state index in [9.17, 15) is 5.11 Å². The number of β-amino-alcohol motifs (C(OH)–C–C–N with tert-alkyl or cyclic N) is 1. The minimum Gasteiger partial charge on any atom is -0.391 e. The minimum atomic E-state index is -0.256. The molecule has 0 spiro atoms. The predicted octanol–water partition coefficient (Wildman–Crippen LogP) is 1.97. The molecule has 76 valence electrons. The molecule has 1 aliphatic rings. The molecular formula is C9H11ClN2OS. The van der Waals surface area contributed by atoms with E-state index in [1.165, 1.54) is 0 Å². The molecule has 2 heterocycles. The summed E-state index contributed by atoms with van der Waals surface area (Å²) in [6, 6.07) is 1.76. The first-order chi connectivity index (χ1) is 6.68. The zero-order chi connectivity index (χ0) is 10.1. The normalized spacial score (nSPS) is 21.6. The summed E-state index contributed by atoms with van der Waals surface area (Å²) in [5.41, 5.74) is 0.